The van der Waals surface area contributed by atoms with Crippen LogP contribution in [0.5, 0.6) is 0 Å². The Bertz CT molecular complexity index is 164. The highest BCUT2D eigenvalue weighted by molar-refractivity contribution is 5.83. The van der Waals surface area contributed by atoms with Crippen LogP contribution in [-0.2, 0) is 9.53 Å². The fraction of sp³-hybridized carbons (Fsp3) is 0.900. The Morgan fingerprint density at radius 2 is 2.46 bits per heavy atom. The van der Waals surface area contributed by atoms with Gasteiger partial charge in [-0.15, -0.1) is 0 Å². The van der Waals surface area contributed by atoms with E-state index in [9.17, 15) is 4.79 Å². The molecule has 13 heavy (non-hydrogen) atoms. The molecule has 3 nitrogen and oxygen atoms in total. The zero-order chi connectivity index (χ0) is 9.68. The average molecular weight is 185 g/mol. The maximum atomic E-state index is 11.7. The number of ether oxygens (including phenoxy) is 1. The first-order valence-corrected chi connectivity index (χ1v) is 5.08. The Hall–Kier alpha value is -0.410. The van der Waals surface area contributed by atoms with Crippen LogP contribution in [0.25, 0.3) is 0 Å². The monoisotopic (exact) mass is 185 g/mol. The Balaban J connectivity index is 2.28. The van der Waals surface area contributed by atoms with Gasteiger partial charge in [-0.05, 0) is 13.0 Å². The third-order valence-electron chi connectivity index (χ3n) is 2.52. The van der Waals surface area contributed by atoms with E-state index in [1.54, 1.807) is 0 Å². The van der Waals surface area contributed by atoms with Gasteiger partial charge < -0.3 is 10.1 Å². The normalized spacial score (nSPS) is 24.6. The van der Waals surface area contributed by atoms with E-state index in [2.05, 4.69) is 12.2 Å². The lowest BCUT2D eigenvalue weighted by molar-refractivity contribution is -0.126. The molecule has 0 bridgehead atoms. The number of nitrogens with one attached hydrogen (secondary N) is 1. The molecule has 0 spiro atoms. The summed E-state index contributed by atoms with van der Waals surface area (Å²) in [4.78, 5) is 11.7. The quantitative estimate of drug-likeness (QED) is 0.689. The predicted molar refractivity (Wildman–Crippen MR) is 51.6 cm³/mol. The molecule has 3 heteroatoms. The molecular formula is C10H19NO2. The standard InChI is InChI=1S/C10H19NO2/c1-3-11-6-8(2)10(12)9-4-5-13-7-9/h8-9,11H,3-7H2,1-2H3. The second-order valence-electron chi connectivity index (χ2n) is 3.67. The summed E-state index contributed by atoms with van der Waals surface area (Å²) >= 11 is 0. The molecule has 2 atom stereocenters. The Morgan fingerprint density at radius 1 is 1.69 bits per heavy atom. The van der Waals surface area contributed by atoms with E-state index in [4.69, 9.17) is 4.74 Å². The first-order valence-electron chi connectivity index (χ1n) is 5.08. The van der Waals surface area contributed by atoms with Crippen LogP contribution in [0.3, 0.4) is 0 Å². The summed E-state index contributed by atoms with van der Waals surface area (Å²) in [6, 6.07) is 0. The SMILES string of the molecule is CCNCC(C)C(=O)C1CCOC1. The van der Waals surface area contributed by atoms with Crippen LogP contribution in [-0.4, -0.2) is 32.1 Å². The largest absolute Gasteiger partial charge is 0.381 e. The molecule has 0 aromatic rings. The van der Waals surface area contributed by atoms with Crippen molar-refractivity contribution in [3.8, 4) is 0 Å². The summed E-state index contributed by atoms with van der Waals surface area (Å²) in [6.07, 6.45) is 0.912. The Kier molecular flexibility index (Phi) is 4.39. The fourth-order valence-electron chi connectivity index (χ4n) is 1.62. The molecule has 1 N–H and O–H groups in total. The molecule has 1 fully saturated rings. The average Bonchev–Trinajstić information content (AvgIpc) is 2.65. The van der Waals surface area contributed by atoms with Gasteiger partial charge >= 0.3 is 0 Å². The topological polar surface area (TPSA) is 38.3 Å². The molecule has 0 radical (unpaired) electrons. The highest BCUT2D eigenvalue weighted by atomic mass is 16.5. The molecule has 1 saturated heterocycles. The number of carbonyl (C=O) groups is 1. The van der Waals surface area contributed by atoms with Crippen LogP contribution in [0.4, 0.5) is 0 Å². The summed E-state index contributed by atoms with van der Waals surface area (Å²) < 4.78 is 5.19. The summed E-state index contributed by atoms with van der Waals surface area (Å²) in [5.41, 5.74) is 0. The number of hydrogen-bond donors (Lipinski definition) is 1. The lowest BCUT2D eigenvalue weighted by Crippen LogP contribution is -2.30. The highest BCUT2D eigenvalue weighted by Gasteiger charge is 2.26. The van der Waals surface area contributed by atoms with E-state index in [0.29, 0.717) is 12.4 Å². The van der Waals surface area contributed by atoms with Crippen molar-refractivity contribution in [3.63, 3.8) is 0 Å². The minimum atomic E-state index is 0.131. The molecule has 0 aromatic heterocycles. The third-order valence-corrected chi connectivity index (χ3v) is 2.52. The molecule has 1 aliphatic rings. The lowest BCUT2D eigenvalue weighted by Gasteiger charge is -2.14. The van der Waals surface area contributed by atoms with Gasteiger partial charge in [0.05, 0.1) is 6.61 Å². The van der Waals surface area contributed by atoms with Gasteiger partial charge in [-0.1, -0.05) is 13.8 Å². The van der Waals surface area contributed by atoms with E-state index in [0.717, 1.165) is 26.1 Å². The maximum Gasteiger partial charge on any atom is 0.142 e. The van der Waals surface area contributed by atoms with Gasteiger partial charge in [0, 0.05) is 25.0 Å². The van der Waals surface area contributed by atoms with Crippen LogP contribution in [0.15, 0.2) is 0 Å². The molecule has 1 rings (SSSR count). The molecular weight excluding hydrogens is 166 g/mol. The van der Waals surface area contributed by atoms with Gasteiger partial charge in [0.15, 0.2) is 0 Å². The first kappa shape index (κ1) is 10.7. The predicted octanol–water partition coefficient (Wildman–Crippen LogP) is 0.838. The van der Waals surface area contributed by atoms with Gasteiger partial charge in [-0.25, -0.2) is 0 Å². The minimum absolute atomic E-state index is 0.131. The molecule has 0 amide bonds. The van der Waals surface area contributed by atoms with Crippen molar-refractivity contribution < 1.29 is 9.53 Å². The number of rotatable bonds is 5. The lowest BCUT2D eigenvalue weighted by atomic mass is 9.93. The van der Waals surface area contributed by atoms with Crippen LogP contribution < -0.4 is 5.32 Å². The van der Waals surface area contributed by atoms with Crippen molar-refractivity contribution in [2.75, 3.05) is 26.3 Å². The number of Topliss-reactive ketones (excluding diaryl/α,β-unsaturated/α-hetero) is 1. The Labute approximate surface area is 79.8 Å². The van der Waals surface area contributed by atoms with E-state index < -0.39 is 0 Å². The van der Waals surface area contributed by atoms with E-state index >= 15 is 0 Å². The second-order valence-corrected chi connectivity index (χ2v) is 3.67. The van der Waals surface area contributed by atoms with Gasteiger partial charge in [0.2, 0.25) is 0 Å². The number of carbonyl (C=O) groups excluding carboxylic acids is 1. The van der Waals surface area contributed by atoms with Crippen molar-refractivity contribution in [3.05, 3.63) is 0 Å². The van der Waals surface area contributed by atoms with Crippen molar-refractivity contribution in [2.24, 2.45) is 11.8 Å². The van der Waals surface area contributed by atoms with Crippen molar-refractivity contribution in [1.29, 1.82) is 0 Å². The molecule has 1 aliphatic heterocycles. The maximum absolute atomic E-state index is 11.7. The zero-order valence-electron chi connectivity index (χ0n) is 8.51. The third kappa shape index (κ3) is 3.08. The Morgan fingerprint density at radius 3 is 3.00 bits per heavy atom. The van der Waals surface area contributed by atoms with Gasteiger partial charge in [0.25, 0.3) is 0 Å². The van der Waals surface area contributed by atoms with E-state index in [1.807, 2.05) is 6.92 Å². The molecule has 76 valence electrons. The molecule has 2 unspecified atom stereocenters. The summed E-state index contributed by atoms with van der Waals surface area (Å²) in [5, 5.41) is 3.19. The van der Waals surface area contributed by atoms with Gasteiger partial charge in [0.1, 0.15) is 5.78 Å². The minimum Gasteiger partial charge on any atom is -0.381 e. The zero-order valence-corrected chi connectivity index (χ0v) is 8.51. The smallest absolute Gasteiger partial charge is 0.142 e. The molecule has 0 aromatic carbocycles. The highest BCUT2D eigenvalue weighted by Crippen LogP contribution is 2.17. The van der Waals surface area contributed by atoms with Crippen molar-refractivity contribution in [1.82, 2.24) is 5.32 Å². The van der Waals surface area contributed by atoms with E-state index in [1.165, 1.54) is 0 Å². The fourth-order valence-corrected chi connectivity index (χ4v) is 1.62. The summed E-state index contributed by atoms with van der Waals surface area (Å²) in [6.45, 7) is 7.16. The first-order chi connectivity index (χ1) is 6.25. The van der Waals surface area contributed by atoms with Crippen LogP contribution in [0.1, 0.15) is 20.3 Å². The molecule has 0 aliphatic carbocycles. The number of hydrogen-bond acceptors (Lipinski definition) is 3. The van der Waals surface area contributed by atoms with Gasteiger partial charge in [-0.2, -0.15) is 0 Å². The van der Waals surface area contributed by atoms with E-state index in [-0.39, 0.29) is 11.8 Å². The molecule has 1 heterocycles. The number of ketones is 1. The second kappa shape index (κ2) is 5.35. The van der Waals surface area contributed by atoms with Gasteiger partial charge in [-0.3, -0.25) is 4.79 Å². The summed E-state index contributed by atoms with van der Waals surface area (Å²) in [7, 11) is 0. The van der Waals surface area contributed by atoms with Crippen molar-refractivity contribution >= 4 is 5.78 Å². The van der Waals surface area contributed by atoms with Crippen LogP contribution in [0.2, 0.25) is 0 Å². The van der Waals surface area contributed by atoms with Crippen LogP contribution in [0, 0.1) is 11.8 Å². The molecule has 0 saturated carbocycles. The van der Waals surface area contributed by atoms with Crippen LogP contribution >= 0.6 is 0 Å². The summed E-state index contributed by atoms with van der Waals surface area (Å²) in [5.74, 6) is 0.652. The van der Waals surface area contributed by atoms with Crippen molar-refractivity contribution in [2.45, 2.75) is 20.3 Å².